The lowest BCUT2D eigenvalue weighted by molar-refractivity contribution is -0.137. The van der Waals surface area contributed by atoms with E-state index in [1.54, 1.807) is 12.1 Å². The van der Waals surface area contributed by atoms with Gasteiger partial charge in [-0.25, -0.2) is 0 Å². The van der Waals surface area contributed by atoms with Crippen LogP contribution in [-0.2, 0) is 6.18 Å². The monoisotopic (exact) mass is 245 g/mol. The zero-order chi connectivity index (χ0) is 13.1. The van der Waals surface area contributed by atoms with Gasteiger partial charge in [0.05, 0.1) is 5.56 Å². The van der Waals surface area contributed by atoms with Crippen LogP contribution in [0, 0.1) is 5.92 Å². The molecule has 4 heteroatoms. The van der Waals surface area contributed by atoms with E-state index in [0.717, 1.165) is 24.2 Å². The second kappa shape index (κ2) is 5.54. The first kappa shape index (κ1) is 14.0. The molecule has 0 aliphatic heterocycles. The van der Waals surface area contributed by atoms with Crippen LogP contribution in [0.4, 0.5) is 13.2 Å². The largest absolute Gasteiger partial charge is 0.416 e. The first-order chi connectivity index (χ1) is 7.86. The van der Waals surface area contributed by atoms with Crippen molar-refractivity contribution in [3.63, 3.8) is 0 Å². The van der Waals surface area contributed by atoms with Crippen LogP contribution in [0.5, 0.6) is 0 Å². The van der Waals surface area contributed by atoms with Gasteiger partial charge in [0.2, 0.25) is 0 Å². The van der Waals surface area contributed by atoms with Gasteiger partial charge in [-0.15, -0.1) is 0 Å². The molecule has 0 fully saturated rings. The molecule has 17 heavy (non-hydrogen) atoms. The van der Waals surface area contributed by atoms with Gasteiger partial charge in [-0.2, -0.15) is 13.2 Å². The molecule has 2 unspecified atom stereocenters. The average molecular weight is 245 g/mol. The molecule has 1 aromatic carbocycles. The van der Waals surface area contributed by atoms with Gasteiger partial charge >= 0.3 is 6.18 Å². The Morgan fingerprint density at radius 2 is 1.65 bits per heavy atom. The molecule has 0 saturated carbocycles. The van der Waals surface area contributed by atoms with Gasteiger partial charge in [0.15, 0.2) is 0 Å². The summed E-state index contributed by atoms with van der Waals surface area (Å²) < 4.78 is 37.2. The minimum absolute atomic E-state index is 0.240. The van der Waals surface area contributed by atoms with Crippen molar-refractivity contribution in [2.24, 2.45) is 5.92 Å². The topological polar surface area (TPSA) is 12.0 Å². The molecule has 0 saturated heterocycles. The van der Waals surface area contributed by atoms with Crippen molar-refractivity contribution in [3.05, 3.63) is 35.4 Å². The van der Waals surface area contributed by atoms with Crippen LogP contribution in [0.1, 0.15) is 30.9 Å². The molecule has 0 bridgehead atoms. The van der Waals surface area contributed by atoms with Gasteiger partial charge in [-0.1, -0.05) is 26.0 Å². The van der Waals surface area contributed by atoms with Crippen molar-refractivity contribution in [2.45, 2.75) is 25.9 Å². The number of halogens is 3. The Morgan fingerprint density at radius 1 is 1.12 bits per heavy atom. The summed E-state index contributed by atoms with van der Waals surface area (Å²) in [5.41, 5.74) is 0.357. The van der Waals surface area contributed by atoms with E-state index in [9.17, 15) is 13.2 Å². The normalized spacial score (nSPS) is 15.6. The lowest BCUT2D eigenvalue weighted by Crippen LogP contribution is -2.20. The Hall–Kier alpha value is -1.03. The van der Waals surface area contributed by atoms with E-state index in [-0.39, 0.29) is 5.92 Å². The zero-order valence-electron chi connectivity index (χ0n) is 10.3. The SMILES string of the molecule is CNCC(C)C(C)c1ccc(C(F)(F)F)cc1. The standard InChI is InChI=1S/C13H18F3N/c1-9(8-17-3)10(2)11-4-6-12(7-5-11)13(14,15)16/h4-7,9-10,17H,8H2,1-3H3. The molecular weight excluding hydrogens is 227 g/mol. The molecule has 1 aromatic rings. The van der Waals surface area contributed by atoms with Crippen molar-refractivity contribution in [1.29, 1.82) is 0 Å². The zero-order valence-corrected chi connectivity index (χ0v) is 10.3. The highest BCUT2D eigenvalue weighted by molar-refractivity contribution is 5.27. The summed E-state index contributed by atoms with van der Waals surface area (Å²) in [6.45, 7) is 4.96. The van der Waals surface area contributed by atoms with E-state index in [1.807, 2.05) is 14.0 Å². The van der Waals surface area contributed by atoms with E-state index in [2.05, 4.69) is 12.2 Å². The maximum atomic E-state index is 12.4. The lowest BCUT2D eigenvalue weighted by Gasteiger charge is -2.20. The highest BCUT2D eigenvalue weighted by Gasteiger charge is 2.30. The molecule has 0 aliphatic rings. The molecule has 0 spiro atoms. The first-order valence-corrected chi connectivity index (χ1v) is 5.68. The van der Waals surface area contributed by atoms with Crippen LogP contribution in [0.25, 0.3) is 0 Å². The van der Waals surface area contributed by atoms with Gasteiger partial charge in [0.25, 0.3) is 0 Å². The Kier molecular flexibility index (Phi) is 4.57. The second-order valence-corrected chi connectivity index (χ2v) is 4.44. The van der Waals surface area contributed by atoms with Gasteiger partial charge in [0, 0.05) is 0 Å². The quantitative estimate of drug-likeness (QED) is 0.853. The molecule has 0 aromatic heterocycles. The molecule has 1 rings (SSSR count). The minimum Gasteiger partial charge on any atom is -0.319 e. The first-order valence-electron chi connectivity index (χ1n) is 5.68. The van der Waals surface area contributed by atoms with Crippen molar-refractivity contribution < 1.29 is 13.2 Å². The number of rotatable bonds is 4. The number of alkyl halides is 3. The predicted molar refractivity (Wildman–Crippen MR) is 62.9 cm³/mol. The molecule has 1 N–H and O–H groups in total. The van der Waals surface area contributed by atoms with Crippen LogP contribution in [0.15, 0.2) is 24.3 Å². The van der Waals surface area contributed by atoms with Gasteiger partial charge in [0.1, 0.15) is 0 Å². The van der Waals surface area contributed by atoms with Crippen molar-refractivity contribution in [3.8, 4) is 0 Å². The Morgan fingerprint density at radius 3 is 2.06 bits per heavy atom. The second-order valence-electron chi connectivity index (χ2n) is 4.44. The van der Waals surface area contributed by atoms with Crippen molar-refractivity contribution in [1.82, 2.24) is 5.32 Å². The summed E-state index contributed by atoms with van der Waals surface area (Å²) in [6.07, 6.45) is -4.25. The molecule has 1 nitrogen and oxygen atoms in total. The Balaban J connectivity index is 2.80. The van der Waals surface area contributed by atoms with Gasteiger partial charge in [-0.05, 0) is 43.1 Å². The summed E-state index contributed by atoms with van der Waals surface area (Å²) in [4.78, 5) is 0. The van der Waals surface area contributed by atoms with E-state index in [0.29, 0.717) is 5.92 Å². The van der Waals surface area contributed by atoms with Crippen LogP contribution in [-0.4, -0.2) is 13.6 Å². The van der Waals surface area contributed by atoms with E-state index in [4.69, 9.17) is 0 Å². The van der Waals surface area contributed by atoms with Crippen LogP contribution < -0.4 is 5.32 Å². The Labute approximate surface area is 100 Å². The fraction of sp³-hybridized carbons (Fsp3) is 0.538. The fourth-order valence-corrected chi connectivity index (χ4v) is 1.80. The molecule has 0 radical (unpaired) electrons. The Bertz CT molecular complexity index is 343. The van der Waals surface area contributed by atoms with Crippen LogP contribution >= 0.6 is 0 Å². The molecular formula is C13H18F3N. The maximum absolute atomic E-state index is 12.4. The van der Waals surface area contributed by atoms with Crippen LogP contribution in [0.3, 0.4) is 0 Å². The van der Waals surface area contributed by atoms with Crippen molar-refractivity contribution in [2.75, 3.05) is 13.6 Å². The molecule has 0 heterocycles. The third-order valence-corrected chi connectivity index (χ3v) is 3.14. The maximum Gasteiger partial charge on any atom is 0.416 e. The smallest absolute Gasteiger partial charge is 0.319 e. The number of hydrogen-bond donors (Lipinski definition) is 1. The highest BCUT2D eigenvalue weighted by atomic mass is 19.4. The lowest BCUT2D eigenvalue weighted by atomic mass is 9.88. The fourth-order valence-electron chi connectivity index (χ4n) is 1.80. The summed E-state index contributed by atoms with van der Waals surface area (Å²) in [5, 5.41) is 3.07. The summed E-state index contributed by atoms with van der Waals surface area (Å²) in [5.74, 6) is 0.626. The van der Waals surface area contributed by atoms with E-state index in [1.165, 1.54) is 0 Å². The summed E-state index contributed by atoms with van der Waals surface area (Å²) in [7, 11) is 1.87. The van der Waals surface area contributed by atoms with E-state index >= 15 is 0 Å². The minimum atomic E-state index is -4.25. The number of benzene rings is 1. The molecule has 0 aliphatic carbocycles. The summed E-state index contributed by atoms with van der Waals surface area (Å²) in [6, 6.07) is 5.44. The van der Waals surface area contributed by atoms with Crippen molar-refractivity contribution >= 4 is 0 Å². The number of nitrogens with one attached hydrogen (secondary N) is 1. The van der Waals surface area contributed by atoms with Gasteiger partial charge < -0.3 is 5.32 Å². The third-order valence-electron chi connectivity index (χ3n) is 3.14. The molecule has 0 amide bonds. The number of hydrogen-bond acceptors (Lipinski definition) is 1. The summed E-state index contributed by atoms with van der Waals surface area (Å²) >= 11 is 0. The van der Waals surface area contributed by atoms with E-state index < -0.39 is 11.7 Å². The third kappa shape index (κ3) is 3.73. The highest BCUT2D eigenvalue weighted by Crippen LogP contribution is 2.31. The van der Waals surface area contributed by atoms with Gasteiger partial charge in [-0.3, -0.25) is 0 Å². The molecule has 2 atom stereocenters. The average Bonchev–Trinajstić information content (AvgIpc) is 2.27. The predicted octanol–water partition coefficient (Wildman–Crippen LogP) is 3.66. The molecule has 96 valence electrons. The van der Waals surface area contributed by atoms with Crippen LogP contribution in [0.2, 0.25) is 0 Å².